The first-order chi connectivity index (χ1) is 10.1. The van der Waals surface area contributed by atoms with Gasteiger partial charge in [-0.3, -0.25) is 4.79 Å². The minimum atomic E-state index is -0.264. The Balaban J connectivity index is 1.82. The molecule has 0 heterocycles. The van der Waals surface area contributed by atoms with Crippen LogP contribution in [0, 0.1) is 19.7 Å². The largest absolute Gasteiger partial charge is 0.325 e. The number of benzene rings is 2. The molecule has 2 aromatic carbocycles. The van der Waals surface area contributed by atoms with Crippen LogP contribution in [0.4, 0.5) is 10.1 Å². The number of carbonyl (C=O) groups is 1. The lowest BCUT2D eigenvalue weighted by Gasteiger charge is -2.09. The third kappa shape index (κ3) is 4.39. The zero-order valence-electron chi connectivity index (χ0n) is 12.2. The van der Waals surface area contributed by atoms with Crippen molar-refractivity contribution in [3.05, 3.63) is 65.0 Å². The highest BCUT2D eigenvalue weighted by atomic mass is 19.1. The Hall–Kier alpha value is -2.20. The molecule has 0 radical (unpaired) electrons. The van der Waals surface area contributed by atoms with Crippen LogP contribution in [0.25, 0.3) is 0 Å². The third-order valence-corrected chi connectivity index (χ3v) is 3.35. The molecule has 2 N–H and O–H groups in total. The normalized spacial score (nSPS) is 10.4. The number of halogens is 1. The molecule has 0 aliphatic carbocycles. The van der Waals surface area contributed by atoms with Gasteiger partial charge in [0.2, 0.25) is 5.91 Å². The standard InChI is InChI=1S/C17H19FN2O/c1-12-7-8-15(9-13(12)2)20-17(21)11-19-10-14-5-3-4-6-16(14)18/h3-9,19H,10-11H2,1-2H3,(H,20,21). The van der Waals surface area contributed by atoms with Crippen LogP contribution in [-0.2, 0) is 11.3 Å². The summed E-state index contributed by atoms with van der Waals surface area (Å²) in [6, 6.07) is 12.3. The van der Waals surface area contributed by atoms with Gasteiger partial charge in [-0.1, -0.05) is 24.3 Å². The van der Waals surface area contributed by atoms with Crippen LogP contribution in [0.2, 0.25) is 0 Å². The fraction of sp³-hybridized carbons (Fsp3) is 0.235. The highest BCUT2D eigenvalue weighted by molar-refractivity contribution is 5.92. The monoisotopic (exact) mass is 286 g/mol. The lowest BCUT2D eigenvalue weighted by Crippen LogP contribution is -2.28. The number of nitrogens with one attached hydrogen (secondary N) is 2. The maximum Gasteiger partial charge on any atom is 0.238 e. The molecule has 0 atom stereocenters. The van der Waals surface area contributed by atoms with Gasteiger partial charge < -0.3 is 10.6 Å². The van der Waals surface area contributed by atoms with Crippen LogP contribution < -0.4 is 10.6 Å². The fourth-order valence-electron chi connectivity index (χ4n) is 1.98. The molecule has 0 aromatic heterocycles. The van der Waals surface area contributed by atoms with Crippen molar-refractivity contribution in [2.45, 2.75) is 20.4 Å². The number of rotatable bonds is 5. The Bertz CT molecular complexity index is 640. The third-order valence-electron chi connectivity index (χ3n) is 3.35. The summed E-state index contributed by atoms with van der Waals surface area (Å²) in [5, 5.41) is 5.75. The van der Waals surface area contributed by atoms with Gasteiger partial charge in [0, 0.05) is 17.8 Å². The molecule has 0 saturated carbocycles. The van der Waals surface area contributed by atoms with Gasteiger partial charge >= 0.3 is 0 Å². The van der Waals surface area contributed by atoms with Gasteiger partial charge in [0.15, 0.2) is 0 Å². The molecule has 3 nitrogen and oxygen atoms in total. The highest BCUT2D eigenvalue weighted by Gasteiger charge is 2.04. The maximum absolute atomic E-state index is 13.4. The van der Waals surface area contributed by atoms with Gasteiger partial charge in [0.05, 0.1) is 6.54 Å². The Morgan fingerprint density at radius 2 is 1.86 bits per heavy atom. The SMILES string of the molecule is Cc1ccc(NC(=O)CNCc2ccccc2F)cc1C. The second-order valence-corrected chi connectivity index (χ2v) is 5.04. The molecule has 2 rings (SSSR count). The van der Waals surface area contributed by atoms with Crippen molar-refractivity contribution in [3.63, 3.8) is 0 Å². The lowest BCUT2D eigenvalue weighted by molar-refractivity contribution is -0.115. The zero-order valence-corrected chi connectivity index (χ0v) is 12.2. The number of anilines is 1. The average Bonchev–Trinajstić information content (AvgIpc) is 2.45. The molecule has 21 heavy (non-hydrogen) atoms. The summed E-state index contributed by atoms with van der Waals surface area (Å²) < 4.78 is 13.4. The fourth-order valence-corrected chi connectivity index (χ4v) is 1.98. The predicted molar refractivity (Wildman–Crippen MR) is 82.7 cm³/mol. The van der Waals surface area contributed by atoms with E-state index in [9.17, 15) is 9.18 Å². The van der Waals surface area contributed by atoms with E-state index in [1.807, 2.05) is 32.0 Å². The molecule has 2 aromatic rings. The molecule has 0 spiro atoms. The second-order valence-electron chi connectivity index (χ2n) is 5.04. The summed E-state index contributed by atoms with van der Waals surface area (Å²) in [7, 11) is 0. The van der Waals surface area contributed by atoms with E-state index in [0.717, 1.165) is 11.3 Å². The minimum Gasteiger partial charge on any atom is -0.325 e. The molecule has 0 aliphatic rings. The van der Waals surface area contributed by atoms with Gasteiger partial charge in [-0.15, -0.1) is 0 Å². The number of hydrogen-bond acceptors (Lipinski definition) is 2. The Kier molecular flexibility index (Phi) is 5.06. The molecule has 1 amide bonds. The van der Waals surface area contributed by atoms with E-state index in [1.54, 1.807) is 18.2 Å². The topological polar surface area (TPSA) is 41.1 Å². The second kappa shape index (κ2) is 6.99. The molecule has 0 bridgehead atoms. The molecule has 0 aliphatic heterocycles. The van der Waals surface area contributed by atoms with E-state index in [-0.39, 0.29) is 18.3 Å². The van der Waals surface area contributed by atoms with E-state index in [1.165, 1.54) is 11.6 Å². The van der Waals surface area contributed by atoms with Crippen molar-refractivity contribution >= 4 is 11.6 Å². The van der Waals surface area contributed by atoms with Crippen molar-refractivity contribution in [2.75, 3.05) is 11.9 Å². The van der Waals surface area contributed by atoms with Crippen molar-refractivity contribution in [1.82, 2.24) is 5.32 Å². The smallest absolute Gasteiger partial charge is 0.238 e. The summed E-state index contributed by atoms with van der Waals surface area (Å²) in [5.41, 5.74) is 3.64. The first-order valence-corrected chi connectivity index (χ1v) is 6.87. The number of aryl methyl sites for hydroxylation is 2. The summed E-state index contributed by atoms with van der Waals surface area (Å²) in [6.07, 6.45) is 0. The summed E-state index contributed by atoms with van der Waals surface area (Å²) in [4.78, 5) is 11.8. The molecule has 4 heteroatoms. The van der Waals surface area contributed by atoms with Crippen LogP contribution in [-0.4, -0.2) is 12.5 Å². The van der Waals surface area contributed by atoms with Crippen LogP contribution in [0.3, 0.4) is 0 Å². The molecular weight excluding hydrogens is 267 g/mol. The summed E-state index contributed by atoms with van der Waals surface area (Å²) in [5.74, 6) is -0.408. The molecule has 0 fully saturated rings. The lowest BCUT2D eigenvalue weighted by atomic mass is 10.1. The van der Waals surface area contributed by atoms with E-state index in [0.29, 0.717) is 12.1 Å². The van der Waals surface area contributed by atoms with Crippen LogP contribution in [0.1, 0.15) is 16.7 Å². The van der Waals surface area contributed by atoms with Crippen LogP contribution in [0.15, 0.2) is 42.5 Å². The number of amides is 1. The maximum atomic E-state index is 13.4. The zero-order chi connectivity index (χ0) is 15.2. The Morgan fingerprint density at radius 3 is 2.57 bits per heavy atom. The van der Waals surface area contributed by atoms with Gasteiger partial charge in [0.25, 0.3) is 0 Å². The van der Waals surface area contributed by atoms with E-state index in [4.69, 9.17) is 0 Å². The Morgan fingerprint density at radius 1 is 1.10 bits per heavy atom. The van der Waals surface area contributed by atoms with Crippen molar-refractivity contribution in [2.24, 2.45) is 0 Å². The van der Waals surface area contributed by atoms with Crippen molar-refractivity contribution in [1.29, 1.82) is 0 Å². The van der Waals surface area contributed by atoms with E-state index < -0.39 is 0 Å². The predicted octanol–water partition coefficient (Wildman–Crippen LogP) is 3.17. The average molecular weight is 286 g/mol. The first-order valence-electron chi connectivity index (χ1n) is 6.87. The van der Waals surface area contributed by atoms with Gasteiger partial charge in [0.1, 0.15) is 5.82 Å². The van der Waals surface area contributed by atoms with E-state index >= 15 is 0 Å². The number of hydrogen-bond donors (Lipinski definition) is 2. The molecule has 0 unspecified atom stereocenters. The van der Waals surface area contributed by atoms with Crippen LogP contribution >= 0.6 is 0 Å². The van der Waals surface area contributed by atoms with Gasteiger partial charge in [-0.25, -0.2) is 4.39 Å². The van der Waals surface area contributed by atoms with Gasteiger partial charge in [-0.05, 0) is 43.2 Å². The Labute approximate surface area is 124 Å². The molecule has 110 valence electrons. The van der Waals surface area contributed by atoms with Crippen molar-refractivity contribution in [3.8, 4) is 0 Å². The first kappa shape index (κ1) is 15.2. The molecular formula is C17H19FN2O. The minimum absolute atomic E-state index is 0.140. The molecule has 0 saturated heterocycles. The van der Waals surface area contributed by atoms with Crippen molar-refractivity contribution < 1.29 is 9.18 Å². The van der Waals surface area contributed by atoms with E-state index in [2.05, 4.69) is 10.6 Å². The summed E-state index contributed by atoms with van der Waals surface area (Å²) in [6.45, 7) is 4.49. The quantitative estimate of drug-likeness (QED) is 0.886. The number of carbonyl (C=O) groups excluding carboxylic acids is 1. The van der Waals surface area contributed by atoms with Gasteiger partial charge in [-0.2, -0.15) is 0 Å². The van der Waals surface area contributed by atoms with Crippen LogP contribution in [0.5, 0.6) is 0 Å². The highest BCUT2D eigenvalue weighted by Crippen LogP contribution is 2.13. The summed E-state index contributed by atoms with van der Waals surface area (Å²) >= 11 is 0.